The molecule has 0 aliphatic carbocycles. The number of carbonyl (C=O) groups is 5. The van der Waals surface area contributed by atoms with Crippen molar-refractivity contribution >= 4 is 80.1 Å². The minimum atomic E-state index is -0.912. The second-order valence-corrected chi connectivity index (χ2v) is 13.9. The average Bonchev–Trinajstić information content (AvgIpc) is 3.58. The predicted molar refractivity (Wildman–Crippen MR) is 185 cm³/mol. The molecule has 12 nitrogen and oxygen atoms in total. The number of benzene rings is 3. The van der Waals surface area contributed by atoms with E-state index in [0.717, 1.165) is 28.0 Å². The summed E-state index contributed by atoms with van der Waals surface area (Å²) < 4.78 is 16.7. The van der Waals surface area contributed by atoms with E-state index in [9.17, 15) is 28.8 Å². The predicted octanol–water partition coefficient (Wildman–Crippen LogP) is 5.37. The summed E-state index contributed by atoms with van der Waals surface area (Å²) in [6.07, 6.45) is 0. The van der Waals surface area contributed by atoms with Gasteiger partial charge in [-0.15, -0.1) is 0 Å². The Morgan fingerprint density at radius 1 is 0.878 bits per heavy atom. The van der Waals surface area contributed by atoms with E-state index in [4.69, 9.17) is 14.2 Å². The van der Waals surface area contributed by atoms with Crippen LogP contribution >= 0.6 is 39.0 Å². The minimum Gasteiger partial charge on any atom is -0.483 e. The number of fused-ring (bicyclic) bond motifs is 2. The number of thioether (sulfide) groups is 1. The van der Waals surface area contributed by atoms with Crippen LogP contribution < -0.4 is 19.8 Å². The quantitative estimate of drug-likeness (QED) is 0.159. The van der Waals surface area contributed by atoms with Gasteiger partial charge in [0.25, 0.3) is 5.91 Å². The van der Waals surface area contributed by atoms with E-state index >= 15 is 0 Å². The lowest BCUT2D eigenvalue weighted by atomic mass is 9.82. The molecule has 3 atom stereocenters. The third kappa shape index (κ3) is 6.91. The summed E-state index contributed by atoms with van der Waals surface area (Å²) in [4.78, 5) is 81.9. The molecule has 1 aromatic heterocycles. The molecule has 2 aliphatic rings. The summed E-state index contributed by atoms with van der Waals surface area (Å²) in [5, 5.41) is 2.34. The topological polar surface area (TPSA) is 161 Å². The van der Waals surface area contributed by atoms with E-state index in [2.05, 4.69) is 26.2 Å². The average molecular weight is 767 g/mol. The number of hydrogen-bond acceptors (Lipinski definition) is 11. The van der Waals surface area contributed by atoms with E-state index in [1.807, 2.05) is 0 Å². The van der Waals surface area contributed by atoms with Crippen LogP contribution in [0.3, 0.4) is 0 Å². The van der Waals surface area contributed by atoms with Crippen molar-refractivity contribution in [2.45, 2.75) is 30.0 Å². The van der Waals surface area contributed by atoms with Crippen molar-refractivity contribution in [1.82, 2.24) is 4.98 Å². The van der Waals surface area contributed by atoms with Crippen molar-refractivity contribution in [1.29, 1.82) is 0 Å². The summed E-state index contributed by atoms with van der Waals surface area (Å²) in [6, 6.07) is 17.4. The van der Waals surface area contributed by atoms with Crippen molar-refractivity contribution in [3.8, 4) is 5.75 Å². The fourth-order valence-corrected chi connectivity index (χ4v) is 8.59. The Labute approximate surface area is 296 Å². The van der Waals surface area contributed by atoms with Crippen molar-refractivity contribution in [3.05, 3.63) is 102 Å². The molecule has 1 saturated heterocycles. The Morgan fingerprint density at radius 2 is 1.51 bits per heavy atom. The molecule has 4 aromatic rings. The SMILES string of the molecule is CCOC(=O)c1ccc(NC(=O)COc2ccc(Br)cc2[C@@H]2c3sc(=O)[nH]c3S[C@H]3C(=O)N(c4ccc(C(=O)OCC)cc4)C(=O)[C@@H]23)cc1. The Bertz CT molecular complexity index is 2010. The molecule has 3 aromatic carbocycles. The zero-order valence-electron chi connectivity index (χ0n) is 26.0. The molecule has 0 spiro atoms. The molecule has 2 N–H and O–H groups in total. The molecule has 3 heterocycles. The Hall–Kier alpha value is -4.73. The number of amides is 3. The molecule has 1 fully saturated rings. The first-order chi connectivity index (χ1) is 23.6. The lowest BCUT2D eigenvalue weighted by molar-refractivity contribution is -0.122. The number of aromatic amines is 1. The largest absolute Gasteiger partial charge is 0.483 e. The number of halogens is 1. The van der Waals surface area contributed by atoms with Crippen LogP contribution in [-0.4, -0.2) is 59.7 Å². The van der Waals surface area contributed by atoms with Gasteiger partial charge in [0.1, 0.15) is 11.0 Å². The molecule has 0 bridgehead atoms. The Kier molecular flexibility index (Phi) is 10.0. The highest BCUT2D eigenvalue weighted by atomic mass is 79.9. The first-order valence-electron chi connectivity index (χ1n) is 15.1. The van der Waals surface area contributed by atoms with E-state index in [0.29, 0.717) is 36.9 Å². The van der Waals surface area contributed by atoms with Crippen LogP contribution in [0, 0.1) is 5.92 Å². The van der Waals surface area contributed by atoms with Gasteiger partial charge in [-0.2, -0.15) is 0 Å². The lowest BCUT2D eigenvalue weighted by Gasteiger charge is -2.31. The molecule has 3 amide bonds. The molecule has 0 saturated carbocycles. The van der Waals surface area contributed by atoms with E-state index in [1.54, 1.807) is 44.2 Å². The maximum atomic E-state index is 14.2. The van der Waals surface area contributed by atoms with Gasteiger partial charge in [-0.05, 0) is 80.6 Å². The summed E-state index contributed by atoms with van der Waals surface area (Å²) in [5.41, 5.74) is 1.87. The van der Waals surface area contributed by atoms with E-state index in [-0.39, 0.29) is 29.4 Å². The second-order valence-electron chi connectivity index (χ2n) is 10.8. The summed E-state index contributed by atoms with van der Waals surface area (Å²) in [7, 11) is 0. The second kappa shape index (κ2) is 14.4. The van der Waals surface area contributed by atoms with Crippen LogP contribution in [-0.2, 0) is 23.9 Å². The highest BCUT2D eigenvalue weighted by Gasteiger charge is 2.57. The molecule has 2 aliphatic heterocycles. The number of ether oxygens (including phenoxy) is 3. The number of thiazole rings is 1. The fourth-order valence-electron chi connectivity index (χ4n) is 5.71. The molecule has 6 rings (SSSR count). The fraction of sp³-hybridized carbons (Fsp3) is 0.235. The number of imide groups is 1. The maximum absolute atomic E-state index is 14.2. The van der Waals surface area contributed by atoms with Crippen molar-refractivity contribution in [2.24, 2.45) is 5.92 Å². The van der Waals surface area contributed by atoms with Crippen LogP contribution in [0.2, 0.25) is 0 Å². The van der Waals surface area contributed by atoms with Gasteiger partial charge in [0.05, 0.1) is 41.0 Å². The van der Waals surface area contributed by atoms with Crippen LogP contribution in [0.1, 0.15) is 50.9 Å². The normalized spacial score (nSPS) is 18.0. The summed E-state index contributed by atoms with van der Waals surface area (Å²) in [5.74, 6) is -3.80. The number of aromatic nitrogens is 1. The van der Waals surface area contributed by atoms with Gasteiger partial charge in [-0.25, -0.2) is 14.5 Å². The molecule has 0 radical (unpaired) electrons. The van der Waals surface area contributed by atoms with Crippen LogP contribution in [0.4, 0.5) is 11.4 Å². The van der Waals surface area contributed by atoms with Gasteiger partial charge in [0, 0.05) is 26.5 Å². The number of anilines is 2. The van der Waals surface area contributed by atoms with Gasteiger partial charge in [0.15, 0.2) is 6.61 Å². The molecule has 0 unspecified atom stereocenters. The summed E-state index contributed by atoms with van der Waals surface area (Å²) in [6.45, 7) is 3.46. The lowest BCUT2D eigenvalue weighted by Crippen LogP contribution is -2.32. The van der Waals surface area contributed by atoms with Gasteiger partial charge < -0.3 is 24.5 Å². The van der Waals surface area contributed by atoms with Gasteiger partial charge in [0.2, 0.25) is 11.8 Å². The molecule has 252 valence electrons. The highest BCUT2D eigenvalue weighted by Crippen LogP contribution is 2.54. The monoisotopic (exact) mass is 765 g/mol. The standard InChI is InChI=1S/C34H28BrN3O9S2/c1-3-45-32(42)17-5-10-20(11-6-17)36-24(39)16-47-23-14-9-19(35)15-22(23)25-26-28(48-29-27(25)49-34(44)37-29)31(41)38(30(26)40)21-12-7-18(8-13-21)33(43)46-4-2/h5-15,25-26,28H,3-4,16H2,1-2H3,(H,36,39)(H,37,44)/t25-,26-,28+/m0/s1. The molecule has 15 heteroatoms. The molecule has 49 heavy (non-hydrogen) atoms. The van der Waals surface area contributed by atoms with Crippen molar-refractivity contribution in [2.75, 3.05) is 30.0 Å². The van der Waals surface area contributed by atoms with Gasteiger partial charge >= 0.3 is 16.8 Å². The first kappa shape index (κ1) is 34.1. The van der Waals surface area contributed by atoms with E-state index < -0.39 is 53.4 Å². The van der Waals surface area contributed by atoms with Crippen LogP contribution in [0.25, 0.3) is 0 Å². The number of nitrogens with zero attached hydrogens (tertiary/aromatic N) is 1. The number of esters is 2. The number of H-pyrrole nitrogens is 1. The molecular formula is C34H28BrN3O9S2. The van der Waals surface area contributed by atoms with Crippen molar-refractivity contribution in [3.63, 3.8) is 0 Å². The zero-order chi connectivity index (χ0) is 34.8. The van der Waals surface area contributed by atoms with Gasteiger partial charge in [-0.1, -0.05) is 39.0 Å². The Morgan fingerprint density at radius 3 is 2.14 bits per heavy atom. The number of nitrogens with one attached hydrogen (secondary N) is 2. The van der Waals surface area contributed by atoms with Gasteiger partial charge in [-0.3, -0.25) is 19.2 Å². The third-order valence-electron chi connectivity index (χ3n) is 7.81. The van der Waals surface area contributed by atoms with Crippen LogP contribution in [0.15, 0.2) is 81.0 Å². The molecular weight excluding hydrogens is 738 g/mol. The minimum absolute atomic E-state index is 0.205. The van der Waals surface area contributed by atoms with Crippen LogP contribution in [0.5, 0.6) is 5.75 Å². The maximum Gasteiger partial charge on any atom is 0.338 e. The van der Waals surface area contributed by atoms with E-state index in [1.165, 1.54) is 36.4 Å². The highest BCUT2D eigenvalue weighted by molar-refractivity contribution is 9.10. The summed E-state index contributed by atoms with van der Waals surface area (Å²) >= 11 is 5.58. The number of hydrogen-bond donors (Lipinski definition) is 2. The smallest absolute Gasteiger partial charge is 0.338 e. The number of carbonyl (C=O) groups excluding carboxylic acids is 5. The van der Waals surface area contributed by atoms with Crippen molar-refractivity contribution < 1.29 is 38.2 Å². The Balaban J connectivity index is 1.27. The number of rotatable bonds is 10. The third-order valence-corrected chi connectivity index (χ3v) is 10.7. The first-order valence-corrected chi connectivity index (χ1v) is 17.6. The zero-order valence-corrected chi connectivity index (χ0v) is 29.2.